The quantitative estimate of drug-likeness (QED) is 0.459. The predicted molar refractivity (Wildman–Crippen MR) is 104 cm³/mol. The number of carbonyl (C=O) groups excluding carboxylic acids is 2. The number of ether oxygens (including phenoxy) is 2. The molecule has 0 saturated carbocycles. The van der Waals surface area contributed by atoms with Crippen LogP contribution in [0.2, 0.25) is 0 Å². The van der Waals surface area contributed by atoms with E-state index in [1.165, 1.54) is 6.08 Å². The number of aliphatic hydroxyl groups excluding tert-OH is 1. The number of ketones is 1. The molecule has 0 atom stereocenters. The Labute approximate surface area is 159 Å². The molecule has 0 heterocycles. The molecule has 0 aliphatic heterocycles. The normalized spacial score (nSPS) is 11.4. The zero-order chi connectivity index (χ0) is 19.9. The molecule has 0 saturated heterocycles. The fourth-order valence-corrected chi connectivity index (χ4v) is 2.28. The molecule has 142 valence electrons. The fraction of sp³-hybridized carbons (Fsp3) is 0.273. The van der Waals surface area contributed by atoms with E-state index < -0.39 is 11.6 Å². The van der Waals surface area contributed by atoms with Crippen molar-refractivity contribution in [2.24, 2.45) is 0 Å². The molecule has 0 fully saturated rings. The Hall–Kier alpha value is -2.92. The van der Waals surface area contributed by atoms with Crippen LogP contribution in [-0.2, 0) is 9.53 Å². The van der Waals surface area contributed by atoms with Gasteiger partial charge in [-0.15, -0.1) is 0 Å². The van der Waals surface area contributed by atoms with E-state index in [0.29, 0.717) is 16.9 Å². The monoisotopic (exact) mass is 368 g/mol. The van der Waals surface area contributed by atoms with Gasteiger partial charge in [0, 0.05) is 17.2 Å². The third-order valence-electron chi connectivity index (χ3n) is 3.47. The summed E-state index contributed by atoms with van der Waals surface area (Å²) in [5, 5.41) is 8.75. The average Bonchev–Trinajstić information content (AvgIpc) is 2.63. The molecular weight excluding hydrogens is 344 g/mol. The molecule has 5 nitrogen and oxygen atoms in total. The Balaban J connectivity index is 2.01. The Morgan fingerprint density at radius 2 is 1.52 bits per heavy atom. The summed E-state index contributed by atoms with van der Waals surface area (Å²) in [6, 6.07) is 13.7. The highest BCUT2D eigenvalue weighted by Crippen LogP contribution is 2.16. The Bertz CT molecular complexity index is 796. The van der Waals surface area contributed by atoms with Crippen LogP contribution in [0.4, 0.5) is 0 Å². The average molecular weight is 368 g/mol. The van der Waals surface area contributed by atoms with Crippen molar-refractivity contribution in [1.29, 1.82) is 0 Å². The van der Waals surface area contributed by atoms with Gasteiger partial charge in [-0.1, -0.05) is 24.3 Å². The smallest absolute Gasteiger partial charge is 0.331 e. The van der Waals surface area contributed by atoms with Crippen LogP contribution in [0.5, 0.6) is 5.75 Å². The molecule has 0 aliphatic carbocycles. The van der Waals surface area contributed by atoms with Crippen molar-refractivity contribution in [3.8, 4) is 5.75 Å². The lowest BCUT2D eigenvalue weighted by atomic mass is 10.0. The minimum Gasteiger partial charge on any atom is -0.491 e. The zero-order valence-electron chi connectivity index (χ0n) is 15.8. The third-order valence-corrected chi connectivity index (χ3v) is 3.47. The molecule has 27 heavy (non-hydrogen) atoms. The summed E-state index contributed by atoms with van der Waals surface area (Å²) in [5.74, 6) is 0.0840. The topological polar surface area (TPSA) is 72.8 Å². The minimum atomic E-state index is -0.531. The van der Waals surface area contributed by atoms with Gasteiger partial charge < -0.3 is 14.6 Å². The Kier molecular flexibility index (Phi) is 6.91. The zero-order valence-corrected chi connectivity index (χ0v) is 15.8. The van der Waals surface area contributed by atoms with Gasteiger partial charge in [0.15, 0.2) is 5.78 Å². The molecule has 0 amide bonds. The van der Waals surface area contributed by atoms with E-state index in [1.54, 1.807) is 54.6 Å². The molecule has 1 N–H and O–H groups in total. The minimum absolute atomic E-state index is 0.0601. The van der Waals surface area contributed by atoms with E-state index in [1.807, 2.05) is 20.8 Å². The first-order valence-electron chi connectivity index (χ1n) is 8.68. The summed E-state index contributed by atoms with van der Waals surface area (Å²) in [4.78, 5) is 24.2. The van der Waals surface area contributed by atoms with Crippen LogP contribution in [0.25, 0.3) is 6.08 Å². The molecule has 0 aliphatic rings. The second kappa shape index (κ2) is 9.14. The van der Waals surface area contributed by atoms with Crippen LogP contribution in [0.15, 0.2) is 54.6 Å². The van der Waals surface area contributed by atoms with Gasteiger partial charge in [-0.05, 0) is 56.7 Å². The van der Waals surface area contributed by atoms with Crippen LogP contribution in [0.1, 0.15) is 42.3 Å². The molecule has 2 rings (SSSR count). The molecule has 0 aromatic heterocycles. The number of rotatable bonds is 7. The largest absolute Gasteiger partial charge is 0.491 e. The van der Waals surface area contributed by atoms with Gasteiger partial charge >= 0.3 is 5.97 Å². The molecule has 0 spiro atoms. The molecule has 2 aromatic carbocycles. The SMILES string of the molecule is CC(C)(C)OC(=O)C=Cc1ccc(C(=O)c2ccc(OCCO)cc2)cc1. The van der Waals surface area contributed by atoms with Crippen LogP contribution < -0.4 is 4.74 Å². The summed E-state index contributed by atoms with van der Waals surface area (Å²) in [7, 11) is 0. The number of carbonyl (C=O) groups is 2. The van der Waals surface area contributed by atoms with Crippen molar-refractivity contribution >= 4 is 17.8 Å². The molecule has 0 bridgehead atoms. The number of aliphatic hydroxyl groups is 1. The highest BCUT2D eigenvalue weighted by atomic mass is 16.6. The molecule has 5 heteroatoms. The van der Waals surface area contributed by atoms with Gasteiger partial charge in [-0.2, -0.15) is 0 Å². The van der Waals surface area contributed by atoms with Crippen molar-refractivity contribution < 1.29 is 24.2 Å². The molecule has 0 radical (unpaired) electrons. The molecule has 2 aromatic rings. The fourth-order valence-electron chi connectivity index (χ4n) is 2.28. The Morgan fingerprint density at radius 1 is 0.963 bits per heavy atom. The van der Waals surface area contributed by atoms with Gasteiger partial charge in [-0.25, -0.2) is 4.79 Å². The summed E-state index contributed by atoms with van der Waals surface area (Å²) < 4.78 is 10.5. The van der Waals surface area contributed by atoms with Crippen molar-refractivity contribution in [2.45, 2.75) is 26.4 Å². The van der Waals surface area contributed by atoms with E-state index in [2.05, 4.69) is 0 Å². The van der Waals surface area contributed by atoms with Crippen molar-refractivity contribution in [3.05, 3.63) is 71.3 Å². The maximum absolute atomic E-state index is 12.5. The molecular formula is C22H24O5. The number of hydrogen-bond donors (Lipinski definition) is 1. The number of hydrogen-bond acceptors (Lipinski definition) is 5. The standard InChI is InChI=1S/C22H24O5/c1-22(2,3)27-20(24)13-6-16-4-7-17(8-5-16)21(25)18-9-11-19(12-10-18)26-15-14-23/h4-13,23H,14-15H2,1-3H3. The summed E-state index contributed by atoms with van der Waals surface area (Å²) in [5.41, 5.74) is 1.36. The van der Waals surface area contributed by atoms with E-state index in [4.69, 9.17) is 14.6 Å². The summed E-state index contributed by atoms with van der Waals surface area (Å²) >= 11 is 0. The van der Waals surface area contributed by atoms with Crippen molar-refractivity contribution in [2.75, 3.05) is 13.2 Å². The summed E-state index contributed by atoms with van der Waals surface area (Å²) in [6.07, 6.45) is 3.02. The number of benzene rings is 2. The van der Waals surface area contributed by atoms with E-state index in [0.717, 1.165) is 5.56 Å². The maximum Gasteiger partial charge on any atom is 0.331 e. The lowest BCUT2D eigenvalue weighted by molar-refractivity contribution is -0.148. The predicted octanol–water partition coefficient (Wildman–Crippen LogP) is 3.64. The van der Waals surface area contributed by atoms with Crippen molar-refractivity contribution in [3.63, 3.8) is 0 Å². The van der Waals surface area contributed by atoms with E-state index in [-0.39, 0.29) is 19.0 Å². The van der Waals surface area contributed by atoms with Gasteiger partial charge in [0.2, 0.25) is 0 Å². The van der Waals surface area contributed by atoms with Crippen LogP contribution in [-0.4, -0.2) is 35.7 Å². The van der Waals surface area contributed by atoms with Crippen LogP contribution in [0, 0.1) is 0 Å². The van der Waals surface area contributed by atoms with Crippen LogP contribution in [0.3, 0.4) is 0 Å². The first-order valence-corrected chi connectivity index (χ1v) is 8.68. The second-order valence-corrected chi connectivity index (χ2v) is 6.91. The van der Waals surface area contributed by atoms with Crippen LogP contribution >= 0.6 is 0 Å². The van der Waals surface area contributed by atoms with Gasteiger partial charge in [0.1, 0.15) is 18.0 Å². The molecule has 0 unspecified atom stereocenters. The third kappa shape index (κ3) is 6.72. The van der Waals surface area contributed by atoms with Gasteiger partial charge in [0.05, 0.1) is 6.61 Å². The second-order valence-electron chi connectivity index (χ2n) is 6.91. The van der Waals surface area contributed by atoms with Crippen molar-refractivity contribution in [1.82, 2.24) is 0 Å². The first-order chi connectivity index (χ1) is 12.8. The highest BCUT2D eigenvalue weighted by molar-refractivity contribution is 6.09. The lowest BCUT2D eigenvalue weighted by Crippen LogP contribution is -2.22. The van der Waals surface area contributed by atoms with E-state index in [9.17, 15) is 9.59 Å². The van der Waals surface area contributed by atoms with Gasteiger partial charge in [0.25, 0.3) is 0 Å². The maximum atomic E-state index is 12.5. The van der Waals surface area contributed by atoms with E-state index >= 15 is 0 Å². The lowest BCUT2D eigenvalue weighted by Gasteiger charge is -2.17. The number of esters is 1. The highest BCUT2D eigenvalue weighted by Gasteiger charge is 2.14. The Morgan fingerprint density at radius 3 is 2.04 bits per heavy atom. The van der Waals surface area contributed by atoms with Gasteiger partial charge in [-0.3, -0.25) is 4.79 Å². The summed E-state index contributed by atoms with van der Waals surface area (Å²) in [6.45, 7) is 5.58. The first kappa shape index (κ1) is 20.4.